The summed E-state index contributed by atoms with van der Waals surface area (Å²) in [6.07, 6.45) is 2.85. The zero-order valence-electron chi connectivity index (χ0n) is 18.4. The Balaban J connectivity index is 1.23. The third kappa shape index (κ3) is 4.04. The molecule has 2 aromatic heterocycles. The van der Waals surface area contributed by atoms with Crippen LogP contribution in [-0.2, 0) is 6.42 Å². The molecule has 6 nitrogen and oxygen atoms in total. The highest BCUT2D eigenvalue weighted by atomic mass is 32.1. The number of halogens is 1. The number of amides is 1. The lowest BCUT2D eigenvalue weighted by molar-refractivity contribution is 0.0959. The van der Waals surface area contributed by atoms with Crippen molar-refractivity contribution in [1.29, 1.82) is 0 Å². The van der Waals surface area contributed by atoms with E-state index >= 15 is 0 Å². The highest BCUT2D eigenvalue weighted by molar-refractivity contribution is 7.21. The summed E-state index contributed by atoms with van der Waals surface area (Å²) in [4.78, 5) is 21.1. The molecule has 3 N–H and O–H groups in total. The number of nitrogens with zero attached hydrogens (tertiary/aromatic N) is 2. The van der Waals surface area contributed by atoms with E-state index in [-0.39, 0.29) is 11.7 Å². The van der Waals surface area contributed by atoms with Gasteiger partial charge < -0.3 is 20.9 Å². The minimum atomic E-state index is -0.208. The number of fused-ring (bicyclic) bond motifs is 3. The Hall–Kier alpha value is -2.71. The van der Waals surface area contributed by atoms with Gasteiger partial charge in [0.25, 0.3) is 5.91 Å². The standard InChI is InChI=1S/C24H28FN5OS/c1-14-3-8-19-21(26-2)22(32-24(19)28-14)23(31)27-10-9-15-4-7-18(11-20(15)25)30-12-16-5-6-17(13-30)29-16/h3-4,7-8,11,16-17,26,29H,5-6,9-10,12-13H2,1-2H3,(H,27,31)/t16-,17+. The van der Waals surface area contributed by atoms with Crippen molar-refractivity contribution in [2.45, 2.75) is 38.3 Å². The average Bonchev–Trinajstić information content (AvgIpc) is 3.32. The molecule has 2 atom stereocenters. The van der Waals surface area contributed by atoms with Crippen molar-refractivity contribution in [2.24, 2.45) is 0 Å². The Morgan fingerprint density at radius 3 is 2.75 bits per heavy atom. The third-order valence-electron chi connectivity index (χ3n) is 6.45. The van der Waals surface area contributed by atoms with Gasteiger partial charge in [-0.05, 0) is 56.0 Å². The van der Waals surface area contributed by atoms with Gasteiger partial charge in [-0.1, -0.05) is 6.07 Å². The molecule has 4 heterocycles. The fourth-order valence-electron chi connectivity index (χ4n) is 4.81. The molecule has 2 aliphatic heterocycles. The summed E-state index contributed by atoms with van der Waals surface area (Å²) < 4.78 is 14.8. The van der Waals surface area contributed by atoms with E-state index in [0.29, 0.717) is 35.5 Å². The van der Waals surface area contributed by atoms with Crippen molar-refractivity contribution in [3.8, 4) is 0 Å². The molecular weight excluding hydrogens is 425 g/mol. The molecule has 0 aliphatic carbocycles. The average molecular weight is 454 g/mol. The van der Waals surface area contributed by atoms with Gasteiger partial charge in [-0.3, -0.25) is 4.79 Å². The van der Waals surface area contributed by atoms with Crippen molar-refractivity contribution < 1.29 is 9.18 Å². The fraction of sp³-hybridized carbons (Fsp3) is 0.417. The highest BCUT2D eigenvalue weighted by Gasteiger charge is 2.32. The summed E-state index contributed by atoms with van der Waals surface area (Å²) in [7, 11) is 1.80. The van der Waals surface area contributed by atoms with Gasteiger partial charge in [0.15, 0.2) is 0 Å². The van der Waals surface area contributed by atoms with Crippen LogP contribution >= 0.6 is 11.3 Å². The van der Waals surface area contributed by atoms with Crippen LogP contribution in [0.5, 0.6) is 0 Å². The molecule has 2 bridgehead atoms. The molecule has 0 radical (unpaired) electrons. The number of hydrogen-bond donors (Lipinski definition) is 3. The Morgan fingerprint density at radius 2 is 2.03 bits per heavy atom. The van der Waals surface area contributed by atoms with Crippen molar-refractivity contribution in [2.75, 3.05) is 36.9 Å². The number of piperazine rings is 1. The first-order valence-corrected chi connectivity index (χ1v) is 12.0. The molecule has 0 spiro atoms. The second-order valence-corrected chi connectivity index (χ2v) is 9.69. The van der Waals surface area contributed by atoms with E-state index < -0.39 is 0 Å². The molecular formula is C24H28FN5OS. The molecule has 168 valence electrons. The molecule has 5 rings (SSSR count). The first kappa shape index (κ1) is 21.2. The lowest BCUT2D eigenvalue weighted by Crippen LogP contribution is -2.51. The largest absolute Gasteiger partial charge is 0.386 e. The summed E-state index contributed by atoms with van der Waals surface area (Å²) in [5, 5.41) is 10.6. The highest BCUT2D eigenvalue weighted by Crippen LogP contribution is 2.34. The number of benzene rings is 1. The summed E-state index contributed by atoms with van der Waals surface area (Å²) in [6.45, 7) is 4.17. The van der Waals surface area contributed by atoms with E-state index in [2.05, 4.69) is 25.8 Å². The summed E-state index contributed by atoms with van der Waals surface area (Å²) in [5.41, 5.74) is 3.27. The lowest BCUT2D eigenvalue weighted by atomic mass is 10.1. The van der Waals surface area contributed by atoms with Gasteiger partial charge in [-0.25, -0.2) is 9.37 Å². The van der Waals surface area contributed by atoms with E-state index in [1.165, 1.54) is 24.2 Å². The van der Waals surface area contributed by atoms with Gasteiger partial charge in [0.2, 0.25) is 0 Å². The summed E-state index contributed by atoms with van der Waals surface area (Å²) >= 11 is 1.37. The Bertz CT molecular complexity index is 1150. The van der Waals surface area contributed by atoms with Gasteiger partial charge in [0, 0.05) is 55.5 Å². The normalized spacial score (nSPS) is 20.0. The van der Waals surface area contributed by atoms with E-state index in [1.54, 1.807) is 13.1 Å². The molecule has 8 heteroatoms. The van der Waals surface area contributed by atoms with Crippen LogP contribution in [0.3, 0.4) is 0 Å². The van der Waals surface area contributed by atoms with Gasteiger partial charge in [-0.2, -0.15) is 0 Å². The second kappa shape index (κ2) is 8.67. The van der Waals surface area contributed by atoms with E-state index in [9.17, 15) is 9.18 Å². The number of anilines is 2. The van der Waals surface area contributed by atoms with Crippen LogP contribution in [0.15, 0.2) is 30.3 Å². The SMILES string of the molecule is CNc1c(C(=O)NCCc2ccc(N3C[C@H]4CC[C@@H](C3)N4)cc2F)sc2nc(C)ccc12. The molecule has 1 aromatic carbocycles. The van der Waals surface area contributed by atoms with Crippen molar-refractivity contribution in [3.05, 3.63) is 52.3 Å². The number of nitrogens with one attached hydrogen (secondary N) is 3. The molecule has 32 heavy (non-hydrogen) atoms. The van der Waals surface area contributed by atoms with Crippen molar-refractivity contribution in [3.63, 3.8) is 0 Å². The van der Waals surface area contributed by atoms with Crippen LogP contribution in [0.2, 0.25) is 0 Å². The number of carbonyl (C=O) groups excluding carboxylic acids is 1. The zero-order chi connectivity index (χ0) is 22.2. The van der Waals surface area contributed by atoms with Crippen LogP contribution < -0.4 is 20.9 Å². The number of carbonyl (C=O) groups is 1. The maximum absolute atomic E-state index is 14.8. The summed E-state index contributed by atoms with van der Waals surface area (Å²) in [5.74, 6) is -0.372. The van der Waals surface area contributed by atoms with E-state index in [4.69, 9.17) is 0 Å². The first-order chi connectivity index (χ1) is 15.5. The second-order valence-electron chi connectivity index (χ2n) is 8.69. The molecule has 2 fully saturated rings. The molecule has 0 saturated carbocycles. The van der Waals surface area contributed by atoms with E-state index in [0.717, 1.165) is 40.4 Å². The van der Waals surface area contributed by atoms with Gasteiger partial charge in [0.05, 0.1) is 5.69 Å². The number of pyridine rings is 1. The van der Waals surface area contributed by atoms with Gasteiger partial charge >= 0.3 is 0 Å². The van der Waals surface area contributed by atoms with Crippen LogP contribution in [0.1, 0.15) is 33.8 Å². The Kier molecular flexibility index (Phi) is 5.73. The third-order valence-corrected chi connectivity index (χ3v) is 7.55. The quantitative estimate of drug-likeness (QED) is 0.531. The first-order valence-electron chi connectivity index (χ1n) is 11.2. The fourth-order valence-corrected chi connectivity index (χ4v) is 5.96. The van der Waals surface area contributed by atoms with Crippen molar-refractivity contribution >= 4 is 38.8 Å². The molecule has 0 unspecified atom stereocenters. The molecule has 1 amide bonds. The van der Waals surface area contributed by atoms with Crippen LogP contribution in [0.4, 0.5) is 15.8 Å². The molecule has 2 saturated heterocycles. The number of thiophene rings is 1. The maximum atomic E-state index is 14.8. The molecule has 2 aliphatic rings. The number of aryl methyl sites for hydroxylation is 1. The van der Waals surface area contributed by atoms with Gasteiger partial charge in [0.1, 0.15) is 15.5 Å². The Labute approximate surface area is 191 Å². The summed E-state index contributed by atoms with van der Waals surface area (Å²) in [6, 6.07) is 10.5. The Morgan fingerprint density at radius 1 is 1.25 bits per heavy atom. The zero-order valence-corrected chi connectivity index (χ0v) is 19.2. The smallest absolute Gasteiger partial charge is 0.263 e. The molecule has 3 aromatic rings. The van der Waals surface area contributed by atoms with Crippen LogP contribution in [0, 0.1) is 12.7 Å². The topological polar surface area (TPSA) is 69.3 Å². The predicted molar refractivity (Wildman–Crippen MR) is 128 cm³/mol. The minimum absolute atomic E-state index is 0.164. The van der Waals surface area contributed by atoms with Crippen LogP contribution in [-0.4, -0.2) is 49.7 Å². The predicted octanol–water partition coefficient (Wildman–Crippen LogP) is 3.70. The van der Waals surface area contributed by atoms with Crippen LogP contribution in [0.25, 0.3) is 10.2 Å². The number of rotatable bonds is 6. The number of hydrogen-bond acceptors (Lipinski definition) is 6. The van der Waals surface area contributed by atoms with Crippen molar-refractivity contribution in [1.82, 2.24) is 15.6 Å². The lowest BCUT2D eigenvalue weighted by Gasteiger charge is -2.34. The maximum Gasteiger partial charge on any atom is 0.263 e. The monoisotopic (exact) mass is 453 g/mol. The minimum Gasteiger partial charge on any atom is -0.386 e. The van der Waals surface area contributed by atoms with E-state index in [1.807, 2.05) is 31.2 Å². The number of aromatic nitrogens is 1. The van der Waals surface area contributed by atoms with Gasteiger partial charge in [-0.15, -0.1) is 11.3 Å².